The molecule has 0 aromatic heterocycles. The number of carbonyl (C=O) groups is 3. The van der Waals surface area contributed by atoms with Crippen LogP contribution in [-0.2, 0) is 20.8 Å². The summed E-state index contributed by atoms with van der Waals surface area (Å²) in [5.41, 5.74) is 3.83. The van der Waals surface area contributed by atoms with Gasteiger partial charge in [0.25, 0.3) is 0 Å². The molecule has 4 rings (SSSR count). The summed E-state index contributed by atoms with van der Waals surface area (Å²) < 4.78 is 0. The van der Waals surface area contributed by atoms with Gasteiger partial charge in [-0.3, -0.25) is 14.4 Å². The summed E-state index contributed by atoms with van der Waals surface area (Å²) in [5.74, 6) is 0.277. The highest BCUT2D eigenvalue weighted by Gasteiger charge is 2.36. The number of fused-ring (bicyclic) bond motifs is 1. The Bertz CT molecular complexity index is 955. The van der Waals surface area contributed by atoms with E-state index in [0.29, 0.717) is 23.7 Å². The predicted octanol–water partition coefficient (Wildman–Crippen LogP) is 5.60. The molecule has 3 aliphatic carbocycles. The van der Waals surface area contributed by atoms with Crippen molar-refractivity contribution in [2.45, 2.75) is 58.8 Å². The van der Waals surface area contributed by atoms with Gasteiger partial charge in [-0.15, -0.1) is 0 Å². The normalized spacial score (nSPS) is 27.6. The van der Waals surface area contributed by atoms with E-state index in [0.717, 1.165) is 43.3 Å². The lowest BCUT2D eigenvalue weighted by atomic mass is 9.73. The Labute approximate surface area is 185 Å². The SMILES string of the molecule is CCC(=O)C(=O)C1=CC(C)C2=CCC(C(=O)C3CCC(Cc4ccccc4)CC3)C=C12. The van der Waals surface area contributed by atoms with Gasteiger partial charge in [-0.25, -0.2) is 0 Å². The van der Waals surface area contributed by atoms with Crippen LogP contribution in [0.2, 0.25) is 0 Å². The summed E-state index contributed by atoms with van der Waals surface area (Å²) in [6.45, 7) is 3.76. The Balaban J connectivity index is 1.40. The third kappa shape index (κ3) is 4.56. The molecule has 0 saturated heterocycles. The van der Waals surface area contributed by atoms with Crippen molar-refractivity contribution in [3.63, 3.8) is 0 Å². The molecule has 2 atom stereocenters. The van der Waals surface area contributed by atoms with Crippen molar-refractivity contribution in [3.8, 4) is 0 Å². The largest absolute Gasteiger partial charge is 0.299 e. The number of hydrogen-bond donors (Lipinski definition) is 0. The van der Waals surface area contributed by atoms with E-state index in [4.69, 9.17) is 0 Å². The van der Waals surface area contributed by atoms with Crippen LogP contribution in [0, 0.1) is 23.7 Å². The van der Waals surface area contributed by atoms with Crippen molar-refractivity contribution in [1.29, 1.82) is 0 Å². The maximum atomic E-state index is 13.3. The zero-order valence-electron chi connectivity index (χ0n) is 18.6. The number of rotatable bonds is 7. The van der Waals surface area contributed by atoms with E-state index in [2.05, 4.69) is 36.4 Å². The number of benzene rings is 1. The lowest BCUT2D eigenvalue weighted by molar-refractivity contribution is -0.134. The molecule has 1 aromatic rings. The van der Waals surface area contributed by atoms with Crippen LogP contribution in [0.4, 0.5) is 0 Å². The molecule has 0 bridgehead atoms. The summed E-state index contributed by atoms with van der Waals surface area (Å²) >= 11 is 0. The fourth-order valence-electron chi connectivity index (χ4n) is 5.44. The summed E-state index contributed by atoms with van der Waals surface area (Å²) in [5, 5.41) is 0. The summed E-state index contributed by atoms with van der Waals surface area (Å²) in [6.07, 6.45) is 12.1. The quantitative estimate of drug-likeness (QED) is 0.544. The predicted molar refractivity (Wildman–Crippen MR) is 122 cm³/mol. The van der Waals surface area contributed by atoms with Crippen LogP contribution in [0.25, 0.3) is 0 Å². The monoisotopic (exact) mass is 416 g/mol. The lowest BCUT2D eigenvalue weighted by Gasteiger charge is -2.30. The van der Waals surface area contributed by atoms with E-state index in [-0.39, 0.29) is 30.0 Å². The molecule has 3 nitrogen and oxygen atoms in total. The van der Waals surface area contributed by atoms with Crippen molar-refractivity contribution < 1.29 is 14.4 Å². The van der Waals surface area contributed by atoms with Crippen molar-refractivity contribution in [2.75, 3.05) is 0 Å². The molecular weight excluding hydrogens is 384 g/mol. The minimum atomic E-state index is -0.404. The van der Waals surface area contributed by atoms with E-state index >= 15 is 0 Å². The van der Waals surface area contributed by atoms with Crippen LogP contribution in [0.15, 0.2) is 65.3 Å². The zero-order valence-corrected chi connectivity index (χ0v) is 18.6. The molecule has 0 radical (unpaired) electrons. The van der Waals surface area contributed by atoms with Crippen LogP contribution in [0.3, 0.4) is 0 Å². The highest BCUT2D eigenvalue weighted by Crippen LogP contribution is 2.42. The number of allylic oxidation sites excluding steroid dienone is 6. The van der Waals surface area contributed by atoms with Gasteiger partial charge in [0.15, 0.2) is 0 Å². The van der Waals surface area contributed by atoms with E-state index in [1.807, 2.05) is 19.1 Å². The second-order valence-electron chi connectivity index (χ2n) is 9.37. The molecule has 2 unspecified atom stereocenters. The fourth-order valence-corrected chi connectivity index (χ4v) is 5.44. The summed E-state index contributed by atoms with van der Waals surface area (Å²) in [4.78, 5) is 37.9. The maximum Gasteiger partial charge on any atom is 0.228 e. The van der Waals surface area contributed by atoms with Crippen molar-refractivity contribution in [3.05, 3.63) is 70.8 Å². The summed E-state index contributed by atoms with van der Waals surface area (Å²) in [7, 11) is 0. The molecule has 0 amide bonds. The Morgan fingerprint density at radius 1 is 0.968 bits per heavy atom. The molecule has 0 N–H and O–H groups in total. The second kappa shape index (κ2) is 9.30. The smallest absolute Gasteiger partial charge is 0.228 e. The Kier molecular flexibility index (Phi) is 6.50. The van der Waals surface area contributed by atoms with Crippen LogP contribution in [-0.4, -0.2) is 17.3 Å². The molecule has 0 aliphatic heterocycles. The number of ketones is 3. The fraction of sp³-hybridized carbons (Fsp3) is 0.464. The van der Waals surface area contributed by atoms with Crippen molar-refractivity contribution >= 4 is 17.3 Å². The van der Waals surface area contributed by atoms with Crippen LogP contribution >= 0.6 is 0 Å². The van der Waals surface area contributed by atoms with Gasteiger partial charge in [-0.05, 0) is 61.2 Å². The number of Topliss-reactive ketones (excluding diaryl/α,β-unsaturated/α-hetero) is 3. The van der Waals surface area contributed by atoms with Crippen LogP contribution in [0.5, 0.6) is 0 Å². The first-order chi connectivity index (χ1) is 15.0. The molecule has 1 saturated carbocycles. The standard InChI is InChI=1S/C28H32O3/c1-3-26(29)28(31)25-15-18(2)23-14-13-22(17-24(23)25)27(30)21-11-9-20(10-12-21)16-19-7-5-4-6-8-19/h4-8,14-15,17-18,20-22H,3,9-13,16H2,1-2H3. The zero-order chi connectivity index (χ0) is 22.0. The number of carbonyl (C=O) groups excluding carboxylic acids is 3. The van der Waals surface area contributed by atoms with E-state index in [1.54, 1.807) is 6.92 Å². The molecule has 1 aromatic carbocycles. The first kappa shape index (κ1) is 21.7. The maximum absolute atomic E-state index is 13.3. The molecule has 31 heavy (non-hydrogen) atoms. The average Bonchev–Trinajstić information content (AvgIpc) is 3.14. The lowest BCUT2D eigenvalue weighted by Crippen LogP contribution is -2.28. The van der Waals surface area contributed by atoms with E-state index in [9.17, 15) is 14.4 Å². The average molecular weight is 417 g/mol. The van der Waals surface area contributed by atoms with Gasteiger partial charge in [0.1, 0.15) is 5.78 Å². The van der Waals surface area contributed by atoms with Crippen molar-refractivity contribution in [2.24, 2.45) is 23.7 Å². The van der Waals surface area contributed by atoms with Crippen LogP contribution in [0.1, 0.15) is 57.9 Å². The van der Waals surface area contributed by atoms with Crippen LogP contribution < -0.4 is 0 Å². The first-order valence-corrected chi connectivity index (χ1v) is 11.8. The van der Waals surface area contributed by atoms with Crippen molar-refractivity contribution in [1.82, 2.24) is 0 Å². The van der Waals surface area contributed by atoms with E-state index in [1.165, 1.54) is 5.56 Å². The van der Waals surface area contributed by atoms with Gasteiger partial charge in [-0.1, -0.05) is 62.4 Å². The Morgan fingerprint density at radius 3 is 2.35 bits per heavy atom. The van der Waals surface area contributed by atoms with Gasteiger partial charge >= 0.3 is 0 Å². The third-order valence-electron chi connectivity index (χ3n) is 7.27. The highest BCUT2D eigenvalue weighted by molar-refractivity contribution is 6.45. The minimum absolute atomic E-state index is 0.114. The minimum Gasteiger partial charge on any atom is -0.299 e. The molecule has 1 fully saturated rings. The highest BCUT2D eigenvalue weighted by atomic mass is 16.2. The Hall–Kier alpha value is -2.55. The molecular formula is C28H32O3. The van der Waals surface area contributed by atoms with E-state index < -0.39 is 5.78 Å². The number of hydrogen-bond acceptors (Lipinski definition) is 3. The first-order valence-electron chi connectivity index (χ1n) is 11.8. The van der Waals surface area contributed by atoms with Gasteiger partial charge in [0, 0.05) is 29.7 Å². The Morgan fingerprint density at radius 2 is 1.68 bits per heavy atom. The third-order valence-corrected chi connectivity index (χ3v) is 7.27. The molecule has 0 heterocycles. The molecule has 3 aliphatic rings. The van der Waals surface area contributed by atoms with Gasteiger partial charge in [0.2, 0.25) is 11.6 Å². The topological polar surface area (TPSA) is 51.2 Å². The summed E-state index contributed by atoms with van der Waals surface area (Å²) in [6, 6.07) is 10.6. The molecule has 0 spiro atoms. The second-order valence-corrected chi connectivity index (χ2v) is 9.37. The molecule has 3 heteroatoms. The van der Waals surface area contributed by atoms with Gasteiger partial charge in [-0.2, -0.15) is 0 Å². The molecule has 162 valence electrons. The van der Waals surface area contributed by atoms with Gasteiger partial charge < -0.3 is 0 Å². The van der Waals surface area contributed by atoms with Gasteiger partial charge in [0.05, 0.1) is 0 Å².